The van der Waals surface area contributed by atoms with Gasteiger partial charge in [0.1, 0.15) is 17.2 Å². The van der Waals surface area contributed by atoms with E-state index < -0.39 is 6.10 Å². The zero-order valence-corrected chi connectivity index (χ0v) is 15.2. The number of piperidine rings is 1. The second-order valence-electron chi connectivity index (χ2n) is 7.24. The van der Waals surface area contributed by atoms with Gasteiger partial charge in [0.2, 0.25) is 0 Å². The molecule has 2 heterocycles. The molecular weight excluding hydrogens is 346 g/mol. The van der Waals surface area contributed by atoms with Crippen LogP contribution in [0.4, 0.5) is 14.5 Å². The third kappa shape index (κ3) is 3.52. The maximum absolute atomic E-state index is 14.2. The second kappa shape index (κ2) is 7.24. The summed E-state index contributed by atoms with van der Waals surface area (Å²) >= 11 is 0. The number of fused-ring (bicyclic) bond motifs is 1. The Morgan fingerprint density at radius 2 is 1.78 bits per heavy atom. The van der Waals surface area contributed by atoms with Gasteiger partial charge in [0.05, 0.1) is 6.10 Å². The predicted octanol–water partition coefficient (Wildman–Crippen LogP) is 4.77. The topological polar surface area (TPSA) is 36.4 Å². The highest BCUT2D eigenvalue weighted by atomic mass is 19.1. The van der Waals surface area contributed by atoms with Crippen molar-refractivity contribution in [1.29, 1.82) is 0 Å². The molecule has 0 aliphatic carbocycles. The molecule has 1 aliphatic heterocycles. The van der Waals surface area contributed by atoms with Crippen LogP contribution in [0, 0.1) is 24.5 Å². The first-order valence-corrected chi connectivity index (χ1v) is 9.27. The fraction of sp³-hybridized carbons (Fsp3) is 0.318. The first-order valence-electron chi connectivity index (χ1n) is 9.27. The first-order chi connectivity index (χ1) is 13.0. The van der Waals surface area contributed by atoms with Crippen molar-refractivity contribution in [2.75, 3.05) is 18.0 Å². The van der Waals surface area contributed by atoms with Crippen LogP contribution in [0.5, 0.6) is 0 Å². The van der Waals surface area contributed by atoms with Gasteiger partial charge in [-0.05, 0) is 55.5 Å². The van der Waals surface area contributed by atoms with Crippen LogP contribution < -0.4 is 4.90 Å². The molecule has 1 unspecified atom stereocenters. The zero-order chi connectivity index (χ0) is 19.0. The minimum absolute atomic E-state index is 0.123. The summed E-state index contributed by atoms with van der Waals surface area (Å²) in [6, 6.07) is 13.1. The number of benzene rings is 2. The van der Waals surface area contributed by atoms with Crippen molar-refractivity contribution >= 4 is 16.6 Å². The van der Waals surface area contributed by atoms with Crippen LogP contribution in [0.25, 0.3) is 10.9 Å². The van der Waals surface area contributed by atoms with Crippen LogP contribution in [0.15, 0.2) is 48.5 Å². The number of aliphatic hydroxyl groups is 1. The van der Waals surface area contributed by atoms with Crippen LogP contribution in [-0.2, 0) is 0 Å². The molecule has 0 saturated carbocycles. The lowest BCUT2D eigenvalue weighted by Crippen LogP contribution is -2.35. The summed E-state index contributed by atoms with van der Waals surface area (Å²) in [5, 5.41) is 11.5. The van der Waals surface area contributed by atoms with E-state index in [9.17, 15) is 13.9 Å². The number of halogens is 2. The molecule has 3 nitrogen and oxygen atoms in total. The molecule has 27 heavy (non-hydrogen) atoms. The minimum Gasteiger partial charge on any atom is -0.388 e. The summed E-state index contributed by atoms with van der Waals surface area (Å²) in [5.41, 5.74) is 2.94. The number of anilines is 1. The van der Waals surface area contributed by atoms with Gasteiger partial charge in [-0.3, -0.25) is 0 Å². The Bertz CT molecular complexity index is 950. The Balaban J connectivity index is 1.54. The van der Waals surface area contributed by atoms with Crippen LogP contribution in [0.1, 0.15) is 30.2 Å². The van der Waals surface area contributed by atoms with E-state index >= 15 is 0 Å². The smallest absolute Gasteiger partial charge is 0.149 e. The van der Waals surface area contributed by atoms with Gasteiger partial charge in [0, 0.05) is 29.9 Å². The molecule has 140 valence electrons. The summed E-state index contributed by atoms with van der Waals surface area (Å²) in [5.74, 6) is -0.482. The summed E-state index contributed by atoms with van der Waals surface area (Å²) in [7, 11) is 0. The molecule has 1 saturated heterocycles. The third-order valence-corrected chi connectivity index (χ3v) is 5.43. The predicted molar refractivity (Wildman–Crippen MR) is 103 cm³/mol. The molecular formula is C22H22F2N2O. The first kappa shape index (κ1) is 17.9. The van der Waals surface area contributed by atoms with Crippen LogP contribution in [0.2, 0.25) is 0 Å². The van der Waals surface area contributed by atoms with E-state index in [0.717, 1.165) is 48.3 Å². The van der Waals surface area contributed by atoms with E-state index in [0.29, 0.717) is 5.52 Å². The molecule has 3 aromatic rings. The number of nitrogens with zero attached hydrogens (tertiary/aromatic N) is 2. The second-order valence-corrected chi connectivity index (χ2v) is 7.24. The number of aliphatic hydroxyl groups excluding tert-OH is 1. The number of hydrogen-bond acceptors (Lipinski definition) is 3. The molecule has 2 aromatic carbocycles. The Hall–Kier alpha value is -2.53. The van der Waals surface area contributed by atoms with Gasteiger partial charge in [-0.1, -0.05) is 24.3 Å². The lowest BCUT2D eigenvalue weighted by Gasteiger charge is -2.36. The van der Waals surface area contributed by atoms with E-state index in [1.54, 1.807) is 18.2 Å². The largest absolute Gasteiger partial charge is 0.388 e. The monoisotopic (exact) mass is 368 g/mol. The molecule has 1 atom stereocenters. The quantitative estimate of drug-likeness (QED) is 0.723. The fourth-order valence-electron chi connectivity index (χ4n) is 3.97. The highest BCUT2D eigenvalue weighted by Crippen LogP contribution is 2.35. The van der Waals surface area contributed by atoms with Crippen molar-refractivity contribution in [3.8, 4) is 0 Å². The van der Waals surface area contributed by atoms with E-state index in [1.807, 2.05) is 19.1 Å². The molecule has 1 N–H and O–H groups in total. The van der Waals surface area contributed by atoms with Gasteiger partial charge in [-0.2, -0.15) is 0 Å². The lowest BCUT2D eigenvalue weighted by atomic mass is 9.87. The number of aromatic nitrogens is 1. The van der Waals surface area contributed by atoms with Gasteiger partial charge in [-0.15, -0.1) is 0 Å². The summed E-state index contributed by atoms with van der Waals surface area (Å²) in [4.78, 5) is 6.59. The molecule has 5 heteroatoms. The molecule has 1 aliphatic rings. The van der Waals surface area contributed by atoms with Gasteiger partial charge < -0.3 is 10.0 Å². The van der Waals surface area contributed by atoms with Crippen molar-refractivity contribution in [3.63, 3.8) is 0 Å². The van der Waals surface area contributed by atoms with E-state index in [4.69, 9.17) is 0 Å². The lowest BCUT2D eigenvalue weighted by molar-refractivity contribution is 0.0929. The highest BCUT2D eigenvalue weighted by Gasteiger charge is 2.27. The van der Waals surface area contributed by atoms with Crippen molar-refractivity contribution in [3.05, 3.63) is 71.4 Å². The molecule has 0 radical (unpaired) electrons. The molecule has 0 spiro atoms. The average molecular weight is 368 g/mol. The summed E-state index contributed by atoms with van der Waals surface area (Å²) < 4.78 is 27.3. The van der Waals surface area contributed by atoms with Gasteiger partial charge in [0.25, 0.3) is 0 Å². The molecule has 0 bridgehead atoms. The van der Waals surface area contributed by atoms with E-state index in [-0.39, 0.29) is 17.6 Å². The van der Waals surface area contributed by atoms with Crippen LogP contribution >= 0.6 is 0 Å². The SMILES string of the molecule is Cc1cc(N2CCC(C(O)c3ccc(F)cc3)CC2)c2cccc(F)c2n1. The number of hydrogen-bond donors (Lipinski definition) is 1. The number of rotatable bonds is 3. The zero-order valence-electron chi connectivity index (χ0n) is 15.2. The number of pyridine rings is 1. The Morgan fingerprint density at radius 3 is 2.48 bits per heavy atom. The average Bonchev–Trinajstić information content (AvgIpc) is 2.68. The maximum Gasteiger partial charge on any atom is 0.149 e. The van der Waals surface area contributed by atoms with Gasteiger partial charge in [0.15, 0.2) is 0 Å². The highest BCUT2D eigenvalue weighted by molar-refractivity contribution is 5.92. The normalized spacial score (nSPS) is 16.7. The van der Waals surface area contributed by atoms with Crippen molar-refractivity contribution < 1.29 is 13.9 Å². The third-order valence-electron chi connectivity index (χ3n) is 5.43. The van der Waals surface area contributed by atoms with E-state index in [2.05, 4.69) is 9.88 Å². The van der Waals surface area contributed by atoms with Crippen molar-refractivity contribution in [1.82, 2.24) is 4.98 Å². The Kier molecular flexibility index (Phi) is 4.79. The van der Waals surface area contributed by atoms with Gasteiger partial charge in [-0.25, -0.2) is 13.8 Å². The summed E-state index contributed by atoms with van der Waals surface area (Å²) in [6.07, 6.45) is 1.04. The fourth-order valence-corrected chi connectivity index (χ4v) is 3.97. The van der Waals surface area contributed by atoms with Crippen molar-refractivity contribution in [2.45, 2.75) is 25.9 Å². The summed E-state index contributed by atoms with van der Waals surface area (Å²) in [6.45, 7) is 3.43. The van der Waals surface area contributed by atoms with Gasteiger partial charge >= 0.3 is 0 Å². The number of para-hydroxylation sites is 1. The van der Waals surface area contributed by atoms with Crippen molar-refractivity contribution in [2.24, 2.45) is 5.92 Å². The standard InChI is InChI=1S/C22H22F2N2O/c1-14-13-20(18-3-2-4-19(24)21(18)25-14)26-11-9-16(10-12-26)22(27)15-5-7-17(23)8-6-15/h2-8,13,16,22,27H,9-12H2,1H3. The van der Waals surface area contributed by atoms with Crippen LogP contribution in [0.3, 0.4) is 0 Å². The number of aryl methyl sites for hydroxylation is 1. The molecule has 1 aromatic heterocycles. The van der Waals surface area contributed by atoms with Crippen LogP contribution in [-0.4, -0.2) is 23.2 Å². The van der Waals surface area contributed by atoms with E-state index in [1.165, 1.54) is 18.2 Å². The Morgan fingerprint density at radius 1 is 1.07 bits per heavy atom. The molecule has 1 fully saturated rings. The molecule has 0 amide bonds. The maximum atomic E-state index is 14.2. The molecule has 4 rings (SSSR count). The minimum atomic E-state index is -0.596. The Labute approximate surface area is 157 Å².